The van der Waals surface area contributed by atoms with Crippen molar-refractivity contribution in [2.24, 2.45) is 0 Å². The molecule has 0 saturated carbocycles. The zero-order chi connectivity index (χ0) is 30.2. The third-order valence-electron chi connectivity index (χ3n) is 8.25. The van der Waals surface area contributed by atoms with Crippen molar-refractivity contribution in [1.82, 2.24) is 14.5 Å². The molecule has 0 amide bonds. The fourth-order valence-electron chi connectivity index (χ4n) is 6.04. The van der Waals surface area contributed by atoms with E-state index in [9.17, 15) is 5.26 Å². The van der Waals surface area contributed by atoms with Crippen molar-refractivity contribution < 1.29 is 0 Å². The van der Waals surface area contributed by atoms with Gasteiger partial charge in [0.1, 0.15) is 0 Å². The topological polar surface area (TPSA) is 54.5 Å². The number of hydrogen-bond acceptors (Lipinski definition) is 3. The Morgan fingerprint density at radius 3 is 1.82 bits per heavy atom. The van der Waals surface area contributed by atoms with Gasteiger partial charge in [-0.1, -0.05) is 103 Å². The van der Waals surface area contributed by atoms with E-state index in [0.29, 0.717) is 11.4 Å². The Labute approximate surface area is 261 Å². The molecule has 0 unspecified atom stereocenters. The number of nitriles is 1. The van der Waals surface area contributed by atoms with Crippen molar-refractivity contribution in [2.45, 2.75) is 0 Å². The Morgan fingerprint density at radius 1 is 0.444 bits per heavy atom. The van der Waals surface area contributed by atoms with E-state index in [-0.39, 0.29) is 0 Å². The van der Waals surface area contributed by atoms with Crippen LogP contribution in [0.3, 0.4) is 0 Å². The number of rotatable bonds is 5. The van der Waals surface area contributed by atoms with Crippen LogP contribution in [-0.2, 0) is 0 Å². The number of aromatic nitrogens is 3. The van der Waals surface area contributed by atoms with Crippen LogP contribution in [0, 0.1) is 11.3 Å². The number of hydrogen-bond donors (Lipinski definition) is 0. The van der Waals surface area contributed by atoms with Crippen molar-refractivity contribution in [3.8, 4) is 56.8 Å². The Bertz CT molecular complexity index is 2360. The Hall–Kier alpha value is -6.31. The predicted molar refractivity (Wildman–Crippen MR) is 183 cm³/mol. The molecule has 0 atom stereocenters. The van der Waals surface area contributed by atoms with Gasteiger partial charge in [0.2, 0.25) is 0 Å². The molecule has 6 aromatic carbocycles. The number of fused-ring (bicyclic) bond motifs is 3. The largest absolute Gasteiger partial charge is 0.309 e. The highest BCUT2D eigenvalue weighted by atomic mass is 15.0. The summed E-state index contributed by atoms with van der Waals surface area (Å²) in [5, 5.41) is 11.7. The third-order valence-corrected chi connectivity index (χ3v) is 8.25. The van der Waals surface area contributed by atoms with Gasteiger partial charge in [-0.15, -0.1) is 0 Å². The maximum atomic E-state index is 9.29. The number of benzene rings is 6. The molecule has 0 N–H and O–H groups in total. The van der Waals surface area contributed by atoms with Crippen LogP contribution in [0.2, 0.25) is 0 Å². The summed E-state index contributed by atoms with van der Waals surface area (Å²) in [7, 11) is 0. The highest BCUT2D eigenvalue weighted by Gasteiger charge is 2.15. The second-order valence-corrected chi connectivity index (χ2v) is 11.0. The Morgan fingerprint density at radius 2 is 1.04 bits per heavy atom. The van der Waals surface area contributed by atoms with Crippen LogP contribution in [0.25, 0.3) is 72.5 Å². The SMILES string of the molecule is N#Cc1ccc(-c2cc(-c3cccc(-c4ccc5c(c4)c4ccccc4n5-c4ccccc4)c3)nc(-c3ccccc3)n2)cc1. The van der Waals surface area contributed by atoms with Gasteiger partial charge in [-0.25, -0.2) is 9.97 Å². The molecule has 0 spiro atoms. The van der Waals surface area contributed by atoms with Gasteiger partial charge < -0.3 is 4.57 Å². The first kappa shape index (κ1) is 26.3. The van der Waals surface area contributed by atoms with Crippen LogP contribution >= 0.6 is 0 Å². The molecule has 210 valence electrons. The van der Waals surface area contributed by atoms with E-state index < -0.39 is 0 Å². The quantitative estimate of drug-likeness (QED) is 0.205. The zero-order valence-electron chi connectivity index (χ0n) is 24.3. The predicted octanol–water partition coefficient (Wildman–Crippen LogP) is 10.1. The lowest BCUT2D eigenvalue weighted by Crippen LogP contribution is -1.96. The van der Waals surface area contributed by atoms with Crippen molar-refractivity contribution >= 4 is 21.8 Å². The maximum absolute atomic E-state index is 9.29. The molecule has 45 heavy (non-hydrogen) atoms. The lowest BCUT2D eigenvalue weighted by atomic mass is 9.99. The minimum Gasteiger partial charge on any atom is -0.309 e. The minimum absolute atomic E-state index is 0.618. The van der Waals surface area contributed by atoms with E-state index in [1.165, 1.54) is 21.8 Å². The van der Waals surface area contributed by atoms with Crippen molar-refractivity contribution in [3.05, 3.63) is 163 Å². The Balaban J connectivity index is 1.26. The minimum atomic E-state index is 0.618. The van der Waals surface area contributed by atoms with Crippen LogP contribution in [0.15, 0.2) is 158 Å². The summed E-state index contributed by atoms with van der Waals surface area (Å²) in [5.41, 5.74) is 10.9. The summed E-state index contributed by atoms with van der Waals surface area (Å²) in [6.07, 6.45) is 0. The smallest absolute Gasteiger partial charge is 0.160 e. The van der Waals surface area contributed by atoms with E-state index in [1.54, 1.807) is 0 Å². The number of para-hydroxylation sites is 2. The number of nitrogens with zero attached hydrogens (tertiary/aromatic N) is 4. The van der Waals surface area contributed by atoms with Gasteiger partial charge in [-0.3, -0.25) is 0 Å². The first-order chi connectivity index (χ1) is 22.2. The van der Waals surface area contributed by atoms with Crippen LogP contribution in [-0.4, -0.2) is 14.5 Å². The fourth-order valence-corrected chi connectivity index (χ4v) is 6.04. The maximum Gasteiger partial charge on any atom is 0.160 e. The van der Waals surface area contributed by atoms with Gasteiger partial charge in [-0.2, -0.15) is 5.26 Å². The molecule has 4 nitrogen and oxygen atoms in total. The highest BCUT2D eigenvalue weighted by Crippen LogP contribution is 2.36. The van der Waals surface area contributed by atoms with Gasteiger partial charge in [0.05, 0.1) is 34.1 Å². The molecule has 0 bridgehead atoms. The fraction of sp³-hybridized carbons (Fsp3) is 0. The van der Waals surface area contributed by atoms with Crippen molar-refractivity contribution in [1.29, 1.82) is 5.26 Å². The second-order valence-electron chi connectivity index (χ2n) is 11.0. The van der Waals surface area contributed by atoms with Crippen LogP contribution in [0.1, 0.15) is 5.56 Å². The molecular weight excluding hydrogens is 548 g/mol. The summed E-state index contributed by atoms with van der Waals surface area (Å²) >= 11 is 0. The molecule has 0 radical (unpaired) electrons. The molecule has 2 aromatic heterocycles. The van der Waals surface area contributed by atoms with E-state index in [2.05, 4.69) is 108 Å². The zero-order valence-corrected chi connectivity index (χ0v) is 24.3. The van der Waals surface area contributed by atoms with Crippen LogP contribution < -0.4 is 0 Å². The molecule has 0 aliphatic rings. The van der Waals surface area contributed by atoms with E-state index in [1.807, 2.05) is 60.7 Å². The second kappa shape index (κ2) is 11.1. The lowest BCUT2D eigenvalue weighted by molar-refractivity contribution is 1.18. The average molecular weight is 575 g/mol. The lowest BCUT2D eigenvalue weighted by Gasteiger charge is -2.11. The standard InChI is InChI=1S/C41H26N4/c42-27-28-18-20-29(21-19-28)37-26-38(44-41(43-37)30-10-3-1-4-11-30)33-13-9-12-31(24-33)32-22-23-40-36(25-32)35-16-7-8-17-39(35)45(40)34-14-5-2-6-15-34/h1-26H. The van der Waals surface area contributed by atoms with Gasteiger partial charge >= 0.3 is 0 Å². The van der Waals surface area contributed by atoms with Gasteiger partial charge in [0, 0.05) is 33.2 Å². The van der Waals surface area contributed by atoms with Crippen LogP contribution in [0.4, 0.5) is 0 Å². The monoisotopic (exact) mass is 574 g/mol. The molecule has 8 rings (SSSR count). The average Bonchev–Trinajstić information content (AvgIpc) is 3.46. The molecule has 2 heterocycles. The molecule has 4 heteroatoms. The van der Waals surface area contributed by atoms with E-state index in [4.69, 9.17) is 9.97 Å². The third kappa shape index (κ3) is 4.83. The molecule has 0 saturated heterocycles. The van der Waals surface area contributed by atoms with Crippen LogP contribution in [0.5, 0.6) is 0 Å². The van der Waals surface area contributed by atoms with Crippen molar-refractivity contribution in [3.63, 3.8) is 0 Å². The molecule has 8 aromatic rings. The Kier molecular flexibility index (Phi) is 6.48. The molecular formula is C41H26N4. The molecule has 0 aliphatic carbocycles. The summed E-state index contributed by atoms with van der Waals surface area (Å²) in [5.74, 6) is 0.660. The summed E-state index contributed by atoms with van der Waals surface area (Å²) in [6, 6.07) is 56.2. The van der Waals surface area contributed by atoms with E-state index >= 15 is 0 Å². The van der Waals surface area contributed by atoms with Gasteiger partial charge in [0.25, 0.3) is 0 Å². The first-order valence-electron chi connectivity index (χ1n) is 14.9. The summed E-state index contributed by atoms with van der Waals surface area (Å²) in [4.78, 5) is 9.96. The molecule has 0 fully saturated rings. The summed E-state index contributed by atoms with van der Waals surface area (Å²) in [6.45, 7) is 0. The normalized spacial score (nSPS) is 11.1. The van der Waals surface area contributed by atoms with Crippen molar-refractivity contribution in [2.75, 3.05) is 0 Å². The molecule has 0 aliphatic heterocycles. The van der Waals surface area contributed by atoms with Gasteiger partial charge in [0.15, 0.2) is 5.82 Å². The first-order valence-corrected chi connectivity index (χ1v) is 14.9. The van der Waals surface area contributed by atoms with E-state index in [0.717, 1.165) is 44.9 Å². The van der Waals surface area contributed by atoms with Gasteiger partial charge in [-0.05, 0) is 65.7 Å². The highest BCUT2D eigenvalue weighted by molar-refractivity contribution is 6.10. The summed E-state index contributed by atoms with van der Waals surface area (Å²) < 4.78 is 2.33.